The summed E-state index contributed by atoms with van der Waals surface area (Å²) in [6.45, 7) is 2.91. The zero-order valence-corrected chi connectivity index (χ0v) is 14.2. The highest BCUT2D eigenvalue weighted by atomic mass is 32.2. The Morgan fingerprint density at radius 2 is 1.88 bits per heavy atom. The molecule has 1 aromatic carbocycles. The largest absolute Gasteiger partial charge is 0.378 e. The van der Waals surface area contributed by atoms with Crippen molar-refractivity contribution in [2.75, 3.05) is 31.2 Å². The third-order valence-corrected chi connectivity index (χ3v) is 6.19. The summed E-state index contributed by atoms with van der Waals surface area (Å²) < 4.78 is 45.9. The molecule has 0 unspecified atom stereocenters. The number of ether oxygens (including phenoxy) is 1. The van der Waals surface area contributed by atoms with Crippen LogP contribution in [0.1, 0.15) is 11.3 Å². The molecule has 2 aliphatic heterocycles. The van der Waals surface area contributed by atoms with E-state index in [1.165, 1.54) is 22.5 Å². The molecule has 0 radical (unpaired) electrons. The van der Waals surface area contributed by atoms with Crippen LogP contribution in [0.3, 0.4) is 0 Å². The first-order valence-corrected chi connectivity index (χ1v) is 9.42. The van der Waals surface area contributed by atoms with E-state index in [2.05, 4.69) is 9.97 Å². The fraction of sp³-hybridized carbons (Fsp3) is 0.375. The van der Waals surface area contributed by atoms with Gasteiger partial charge in [-0.25, -0.2) is 22.8 Å². The van der Waals surface area contributed by atoms with Crippen LogP contribution in [0, 0.1) is 5.82 Å². The Labute approximate surface area is 145 Å². The van der Waals surface area contributed by atoms with Gasteiger partial charge in [-0.2, -0.15) is 4.31 Å². The normalized spacial score (nSPS) is 18.4. The summed E-state index contributed by atoms with van der Waals surface area (Å²) in [4.78, 5) is 10.6. The van der Waals surface area contributed by atoms with E-state index in [9.17, 15) is 12.8 Å². The Hall–Kier alpha value is -2.10. The number of aromatic nitrogens is 2. The summed E-state index contributed by atoms with van der Waals surface area (Å²) in [5, 5.41) is 0. The SMILES string of the molecule is O=S(=O)(c1ccccc1F)N1Cc2cnc(N3CCOCC3)nc2C1. The van der Waals surface area contributed by atoms with Crippen LogP contribution in [0.2, 0.25) is 0 Å². The number of fused-ring (bicyclic) bond motifs is 1. The van der Waals surface area contributed by atoms with Gasteiger partial charge in [0, 0.05) is 31.4 Å². The Morgan fingerprint density at radius 3 is 2.64 bits per heavy atom. The minimum absolute atomic E-state index is 0.117. The first-order chi connectivity index (χ1) is 12.1. The first-order valence-electron chi connectivity index (χ1n) is 7.98. The number of halogens is 1. The molecular weight excluding hydrogens is 347 g/mol. The van der Waals surface area contributed by atoms with Gasteiger partial charge in [0.05, 0.1) is 25.5 Å². The summed E-state index contributed by atoms with van der Waals surface area (Å²) in [6, 6.07) is 5.40. The van der Waals surface area contributed by atoms with Crippen LogP contribution in [0.15, 0.2) is 35.4 Å². The van der Waals surface area contributed by atoms with E-state index in [1.54, 1.807) is 6.20 Å². The van der Waals surface area contributed by atoms with Gasteiger partial charge in [-0.05, 0) is 12.1 Å². The van der Waals surface area contributed by atoms with Crippen molar-refractivity contribution in [3.63, 3.8) is 0 Å². The van der Waals surface area contributed by atoms with E-state index in [0.29, 0.717) is 37.9 Å². The lowest BCUT2D eigenvalue weighted by Gasteiger charge is -2.26. The second kappa shape index (κ2) is 6.32. The second-order valence-corrected chi connectivity index (χ2v) is 7.85. The predicted octanol–water partition coefficient (Wildman–Crippen LogP) is 1.16. The van der Waals surface area contributed by atoms with Crippen molar-refractivity contribution < 1.29 is 17.5 Å². The fourth-order valence-corrected chi connectivity index (χ4v) is 4.44. The van der Waals surface area contributed by atoms with E-state index >= 15 is 0 Å². The van der Waals surface area contributed by atoms with Gasteiger partial charge in [-0.1, -0.05) is 12.1 Å². The molecule has 0 N–H and O–H groups in total. The minimum atomic E-state index is -3.92. The molecule has 1 saturated heterocycles. The number of rotatable bonds is 3. The van der Waals surface area contributed by atoms with E-state index in [-0.39, 0.29) is 18.0 Å². The summed E-state index contributed by atoms with van der Waals surface area (Å²) in [6.07, 6.45) is 1.66. The standard InChI is InChI=1S/C16H17FN4O3S/c17-13-3-1-2-4-15(13)25(22,23)21-10-12-9-18-16(19-14(12)11-21)20-5-7-24-8-6-20/h1-4,9H,5-8,10-11H2. The molecule has 2 aliphatic rings. The topological polar surface area (TPSA) is 75.6 Å². The molecule has 0 atom stereocenters. The fourth-order valence-electron chi connectivity index (χ4n) is 2.99. The predicted molar refractivity (Wildman–Crippen MR) is 87.9 cm³/mol. The third-order valence-electron chi connectivity index (χ3n) is 4.36. The molecule has 7 nitrogen and oxygen atoms in total. The Kier molecular flexibility index (Phi) is 4.14. The highest BCUT2D eigenvalue weighted by Gasteiger charge is 2.34. The van der Waals surface area contributed by atoms with Crippen molar-refractivity contribution in [3.05, 3.63) is 47.5 Å². The van der Waals surface area contributed by atoms with Crippen LogP contribution >= 0.6 is 0 Å². The quantitative estimate of drug-likeness (QED) is 0.814. The van der Waals surface area contributed by atoms with Gasteiger partial charge in [-0.15, -0.1) is 0 Å². The maximum Gasteiger partial charge on any atom is 0.246 e. The molecule has 9 heteroatoms. The van der Waals surface area contributed by atoms with Crippen molar-refractivity contribution >= 4 is 16.0 Å². The maximum atomic E-state index is 13.9. The number of sulfonamides is 1. The van der Waals surface area contributed by atoms with E-state index < -0.39 is 15.8 Å². The van der Waals surface area contributed by atoms with Gasteiger partial charge in [0.15, 0.2) is 0 Å². The number of morpholine rings is 1. The Balaban J connectivity index is 1.60. The van der Waals surface area contributed by atoms with Gasteiger partial charge < -0.3 is 9.64 Å². The number of hydrogen-bond donors (Lipinski definition) is 0. The molecule has 1 fully saturated rings. The van der Waals surface area contributed by atoms with Crippen molar-refractivity contribution in [2.24, 2.45) is 0 Å². The first kappa shape index (κ1) is 16.4. The average molecular weight is 364 g/mol. The van der Waals surface area contributed by atoms with E-state index in [0.717, 1.165) is 11.6 Å². The lowest BCUT2D eigenvalue weighted by atomic mass is 10.3. The molecular formula is C16H17FN4O3S. The van der Waals surface area contributed by atoms with Crippen LogP contribution < -0.4 is 4.90 Å². The number of hydrogen-bond acceptors (Lipinski definition) is 6. The van der Waals surface area contributed by atoms with Gasteiger partial charge in [-0.3, -0.25) is 0 Å². The van der Waals surface area contributed by atoms with Crippen molar-refractivity contribution in [3.8, 4) is 0 Å². The molecule has 25 heavy (non-hydrogen) atoms. The molecule has 0 aliphatic carbocycles. The third kappa shape index (κ3) is 2.99. The molecule has 132 valence electrons. The number of nitrogens with zero attached hydrogens (tertiary/aromatic N) is 4. The van der Waals surface area contributed by atoms with Crippen LogP contribution in [0.5, 0.6) is 0 Å². The highest BCUT2D eigenvalue weighted by molar-refractivity contribution is 7.89. The van der Waals surface area contributed by atoms with Crippen molar-refractivity contribution in [1.82, 2.24) is 14.3 Å². The van der Waals surface area contributed by atoms with Gasteiger partial charge >= 0.3 is 0 Å². The molecule has 0 amide bonds. The zero-order chi connectivity index (χ0) is 17.4. The van der Waals surface area contributed by atoms with Crippen LogP contribution in [0.4, 0.5) is 10.3 Å². The average Bonchev–Trinajstić information content (AvgIpc) is 3.07. The lowest BCUT2D eigenvalue weighted by molar-refractivity contribution is 0.122. The van der Waals surface area contributed by atoms with E-state index in [4.69, 9.17) is 4.74 Å². The highest BCUT2D eigenvalue weighted by Crippen LogP contribution is 2.29. The number of benzene rings is 1. The van der Waals surface area contributed by atoms with Crippen LogP contribution in [-0.2, 0) is 27.8 Å². The summed E-state index contributed by atoms with van der Waals surface area (Å²) in [5.41, 5.74) is 1.41. The van der Waals surface area contributed by atoms with Crippen molar-refractivity contribution in [2.45, 2.75) is 18.0 Å². The summed E-state index contributed by atoms with van der Waals surface area (Å²) in [5.74, 6) is -0.175. The Morgan fingerprint density at radius 1 is 1.12 bits per heavy atom. The molecule has 2 aromatic rings. The zero-order valence-electron chi connectivity index (χ0n) is 13.4. The maximum absolute atomic E-state index is 13.9. The lowest BCUT2D eigenvalue weighted by Crippen LogP contribution is -2.37. The molecule has 0 bridgehead atoms. The monoisotopic (exact) mass is 364 g/mol. The van der Waals surface area contributed by atoms with E-state index in [1.807, 2.05) is 4.90 Å². The summed E-state index contributed by atoms with van der Waals surface area (Å²) in [7, 11) is -3.92. The molecule has 3 heterocycles. The number of anilines is 1. The molecule has 0 spiro atoms. The second-order valence-electron chi connectivity index (χ2n) is 5.94. The van der Waals surface area contributed by atoms with Crippen LogP contribution in [-0.4, -0.2) is 49.0 Å². The molecule has 1 aromatic heterocycles. The molecule has 0 saturated carbocycles. The Bertz CT molecular complexity index is 900. The summed E-state index contributed by atoms with van der Waals surface area (Å²) >= 11 is 0. The van der Waals surface area contributed by atoms with Gasteiger partial charge in [0.1, 0.15) is 10.7 Å². The van der Waals surface area contributed by atoms with Crippen LogP contribution in [0.25, 0.3) is 0 Å². The van der Waals surface area contributed by atoms with Gasteiger partial charge in [0.2, 0.25) is 16.0 Å². The smallest absolute Gasteiger partial charge is 0.246 e. The van der Waals surface area contributed by atoms with Crippen molar-refractivity contribution in [1.29, 1.82) is 0 Å². The minimum Gasteiger partial charge on any atom is -0.378 e. The van der Waals surface area contributed by atoms with Gasteiger partial charge in [0.25, 0.3) is 0 Å². The molecule has 4 rings (SSSR count).